The zero-order valence-electron chi connectivity index (χ0n) is 38.7. The highest BCUT2D eigenvalue weighted by molar-refractivity contribution is 5.84. The summed E-state index contributed by atoms with van der Waals surface area (Å²) < 4.78 is 0. The van der Waals surface area contributed by atoms with Crippen LogP contribution >= 0.6 is 0 Å². The van der Waals surface area contributed by atoms with Gasteiger partial charge in [0.2, 0.25) is 0 Å². The molecule has 0 aliphatic carbocycles. The van der Waals surface area contributed by atoms with Crippen molar-refractivity contribution in [3.63, 3.8) is 0 Å². The Morgan fingerprint density at radius 1 is 0.632 bits per heavy atom. The molecule has 0 bridgehead atoms. The number of aliphatic hydroxyl groups is 2. The van der Waals surface area contributed by atoms with E-state index in [1.807, 2.05) is 44.3 Å². The molecule has 1 aliphatic rings. The fourth-order valence-electron chi connectivity index (χ4n) is 4.67. The van der Waals surface area contributed by atoms with E-state index in [9.17, 15) is 33.6 Å². The van der Waals surface area contributed by atoms with Crippen LogP contribution in [0.5, 0.6) is 5.75 Å². The maximum absolute atomic E-state index is 10.6. The van der Waals surface area contributed by atoms with Crippen LogP contribution in [0.1, 0.15) is 65.0 Å². The number of hydrogen-bond acceptors (Lipinski definition) is 17. The molecule has 25 heteroatoms. The van der Waals surface area contributed by atoms with E-state index in [0.29, 0.717) is 18.8 Å². The number of aliphatic hydroxyl groups excluding tert-OH is 2. The standard InChI is InChI=1S/C11H12N2O2.C9H11NO3.C6H13NO2.C5H9NO2.C5H11NO2.C4H9NO3.C3H7NO3/c12-9(11(14)15)5-7-6-13-10-4-2-1-3-8(7)10;10-8(9(12)13)5-6-1-3-7(11)4-2-6;1-4(2)3-5(7)6(8)9;7-5(8)4-2-1-3-6-4;1-3(2)4(6)5(7)8;1-2(6)3(5)4(7)8;4-2(1-5)3(6)7/h1-4,6,9,13H,5,12H2,(H,14,15);1-4,8,11H,5,10H2,(H,12,13);4-5H,3,7H2,1-2H3,(H,8,9);4,6H,1-3H2,(H,7,8);3-4H,6H2,1-2H3,(H,7,8);2-3,6H,5H2,1H3,(H,7,8);2,5H,1,4H2,(H,6,7)/t;;;4-;;;/m...0.../s1. The van der Waals surface area contributed by atoms with Gasteiger partial charge in [-0.05, 0) is 80.3 Å². The minimum Gasteiger partial charge on any atom is -0.508 e. The SMILES string of the molecule is CC(C)C(N)C(=O)O.CC(C)CC(N)C(=O)O.CC(O)C(N)C(=O)O.NC(CO)C(=O)O.NC(Cc1c[nH]c2ccccc12)C(=O)O.NC(Cc1ccc(O)cc1)C(=O)O.O=C(O)[C@@H]1CCCN1. The van der Waals surface area contributed by atoms with Gasteiger partial charge in [-0.2, -0.15) is 0 Å². The molecule has 1 saturated heterocycles. The number of H-pyrrole nitrogens is 1. The van der Waals surface area contributed by atoms with Crippen LogP contribution in [0.2, 0.25) is 0 Å². The molecule has 1 aromatic heterocycles. The number of nitrogens with two attached hydrogens (primary N) is 6. The Morgan fingerprint density at radius 3 is 1.40 bits per heavy atom. The molecule has 25 nitrogen and oxygen atoms in total. The van der Waals surface area contributed by atoms with E-state index in [-0.39, 0.29) is 24.1 Å². The van der Waals surface area contributed by atoms with E-state index in [4.69, 9.17) is 85.5 Å². The van der Waals surface area contributed by atoms with E-state index < -0.39 is 90.7 Å². The lowest BCUT2D eigenvalue weighted by Crippen LogP contribution is -2.39. The summed E-state index contributed by atoms with van der Waals surface area (Å²) in [5.41, 5.74) is 33.6. The lowest BCUT2D eigenvalue weighted by molar-refractivity contribution is -0.141. The molecule has 0 spiro atoms. The summed E-state index contributed by atoms with van der Waals surface area (Å²) in [6.45, 7) is 9.13. The molecule has 3 aromatic rings. The number of rotatable bonds is 16. The third-order valence-corrected chi connectivity index (χ3v) is 8.86. The lowest BCUT2D eigenvalue weighted by atomic mass is 10.1. The number of carboxylic acid groups (broad SMARTS) is 7. The van der Waals surface area contributed by atoms with Gasteiger partial charge in [-0.15, -0.1) is 0 Å². The van der Waals surface area contributed by atoms with Crippen molar-refractivity contribution in [2.24, 2.45) is 46.2 Å². The average Bonchev–Trinajstić information content (AvgIpc) is 3.96. The number of carboxylic acids is 7. The number of fused-ring (bicyclic) bond motifs is 1. The minimum atomic E-state index is -1.18. The number of aromatic nitrogens is 1. The summed E-state index contributed by atoms with van der Waals surface area (Å²) in [5, 5.41) is 87.4. The number of phenolic OH excluding ortho intramolecular Hbond substituents is 1. The Balaban J connectivity index is -0.000000740. The van der Waals surface area contributed by atoms with Crippen LogP contribution in [0.15, 0.2) is 54.7 Å². The Hall–Kier alpha value is -6.29. The van der Waals surface area contributed by atoms with Crippen molar-refractivity contribution in [3.8, 4) is 5.75 Å². The van der Waals surface area contributed by atoms with Crippen LogP contribution in [0, 0.1) is 11.8 Å². The van der Waals surface area contributed by atoms with Gasteiger partial charge >= 0.3 is 41.8 Å². The Morgan fingerprint density at radius 2 is 1.10 bits per heavy atom. The van der Waals surface area contributed by atoms with Gasteiger partial charge in [0.1, 0.15) is 48.0 Å². The summed E-state index contributed by atoms with van der Waals surface area (Å²) in [6.07, 6.45) is 3.79. The highest BCUT2D eigenvalue weighted by atomic mass is 16.4. The van der Waals surface area contributed by atoms with Crippen LogP contribution in [-0.4, -0.2) is 159 Å². The second kappa shape index (κ2) is 35.8. The van der Waals surface area contributed by atoms with Crippen LogP contribution in [0.25, 0.3) is 10.9 Å². The number of carbonyl (C=O) groups is 7. The third kappa shape index (κ3) is 31.6. The van der Waals surface area contributed by atoms with E-state index in [1.54, 1.807) is 26.0 Å². The molecule has 7 unspecified atom stereocenters. The number of nitrogens with one attached hydrogen (secondary N) is 2. The van der Waals surface area contributed by atoms with Crippen molar-refractivity contribution in [2.45, 2.75) is 115 Å². The van der Waals surface area contributed by atoms with Gasteiger partial charge in [0.15, 0.2) is 0 Å². The van der Waals surface area contributed by atoms with Crippen LogP contribution < -0.4 is 39.7 Å². The fraction of sp³-hybridized carbons (Fsp3) is 0.512. The Kier molecular flexibility index (Phi) is 34.8. The zero-order valence-corrected chi connectivity index (χ0v) is 38.7. The van der Waals surface area contributed by atoms with E-state index >= 15 is 0 Å². The van der Waals surface area contributed by atoms with Gasteiger partial charge < -0.3 is 95.8 Å². The first kappa shape index (κ1) is 66.0. The maximum atomic E-state index is 10.6. The van der Waals surface area contributed by atoms with Crippen molar-refractivity contribution in [3.05, 3.63) is 65.9 Å². The van der Waals surface area contributed by atoms with Crippen molar-refractivity contribution in [1.82, 2.24) is 10.3 Å². The molecular weight excluding hydrogens is 901 g/mol. The summed E-state index contributed by atoms with van der Waals surface area (Å²) in [4.78, 5) is 73.9. The lowest BCUT2D eigenvalue weighted by Gasteiger charge is -2.07. The second-order valence-electron chi connectivity index (χ2n) is 15.7. The highest BCUT2D eigenvalue weighted by Crippen LogP contribution is 2.18. The Bertz CT molecular complexity index is 1900. The molecular formula is C43H72N8O17. The molecule has 8 atom stereocenters. The highest BCUT2D eigenvalue weighted by Gasteiger charge is 2.20. The number of benzene rings is 2. The molecule has 24 N–H and O–H groups in total. The van der Waals surface area contributed by atoms with Gasteiger partial charge in [-0.1, -0.05) is 58.0 Å². The van der Waals surface area contributed by atoms with Gasteiger partial charge in [0.25, 0.3) is 0 Å². The smallest absolute Gasteiger partial charge is 0.323 e. The van der Waals surface area contributed by atoms with Gasteiger partial charge in [-0.3, -0.25) is 33.6 Å². The maximum Gasteiger partial charge on any atom is 0.323 e. The molecule has 2 heterocycles. The summed E-state index contributed by atoms with van der Waals surface area (Å²) in [7, 11) is 0. The molecule has 2 aromatic carbocycles. The van der Waals surface area contributed by atoms with E-state index in [0.717, 1.165) is 41.4 Å². The summed E-state index contributed by atoms with van der Waals surface area (Å²) in [5.74, 6) is -6.38. The first-order valence-corrected chi connectivity index (χ1v) is 20.9. The number of aromatic amines is 1. The van der Waals surface area contributed by atoms with Crippen LogP contribution in [-0.2, 0) is 46.4 Å². The number of para-hydroxylation sites is 1. The van der Waals surface area contributed by atoms with Crippen molar-refractivity contribution < 1.29 is 84.6 Å². The summed E-state index contributed by atoms with van der Waals surface area (Å²) in [6, 6.07) is 8.38. The molecule has 68 heavy (non-hydrogen) atoms. The molecule has 386 valence electrons. The zero-order chi connectivity index (χ0) is 53.4. The normalized spacial score (nSPS) is 15.4. The van der Waals surface area contributed by atoms with Gasteiger partial charge in [0, 0.05) is 23.5 Å². The first-order chi connectivity index (χ1) is 31.4. The molecule has 0 radical (unpaired) electrons. The number of hydrogen-bond donors (Lipinski definition) is 18. The molecule has 0 saturated carbocycles. The van der Waals surface area contributed by atoms with Crippen molar-refractivity contribution in [2.75, 3.05) is 13.2 Å². The van der Waals surface area contributed by atoms with E-state index in [2.05, 4.69) is 10.3 Å². The van der Waals surface area contributed by atoms with E-state index in [1.165, 1.54) is 19.1 Å². The Labute approximate surface area is 393 Å². The molecule has 0 amide bonds. The predicted octanol–water partition coefficient (Wildman–Crippen LogP) is -1.04. The fourth-order valence-corrected chi connectivity index (χ4v) is 4.67. The van der Waals surface area contributed by atoms with Crippen molar-refractivity contribution in [1.29, 1.82) is 0 Å². The minimum absolute atomic E-state index is 0.0208. The first-order valence-electron chi connectivity index (χ1n) is 20.9. The molecule has 1 fully saturated rings. The van der Waals surface area contributed by atoms with Gasteiger partial charge in [-0.25, -0.2) is 0 Å². The monoisotopic (exact) mass is 973 g/mol. The topological polar surface area (TPSA) is 506 Å². The van der Waals surface area contributed by atoms with Crippen LogP contribution in [0.3, 0.4) is 0 Å². The van der Waals surface area contributed by atoms with Crippen molar-refractivity contribution >= 4 is 52.7 Å². The average molecular weight is 973 g/mol. The van der Waals surface area contributed by atoms with Crippen LogP contribution in [0.4, 0.5) is 0 Å². The summed E-state index contributed by atoms with van der Waals surface area (Å²) >= 11 is 0. The number of aliphatic carboxylic acids is 7. The number of aromatic hydroxyl groups is 1. The quantitative estimate of drug-likeness (QED) is 0.0815. The largest absolute Gasteiger partial charge is 0.508 e. The second-order valence-corrected chi connectivity index (χ2v) is 15.7. The molecule has 4 rings (SSSR count). The third-order valence-electron chi connectivity index (χ3n) is 8.86. The molecule has 1 aliphatic heterocycles. The van der Waals surface area contributed by atoms with Gasteiger partial charge in [0.05, 0.1) is 12.7 Å². The predicted molar refractivity (Wildman–Crippen MR) is 249 cm³/mol. The number of phenols is 1.